The summed E-state index contributed by atoms with van der Waals surface area (Å²) < 4.78 is 23.9. The number of nitrogens with zero attached hydrogens (tertiary/aromatic N) is 1. The largest absolute Gasteiger partial charge is 0.321 e. The highest BCUT2D eigenvalue weighted by molar-refractivity contribution is 7.89. The molecule has 146 valence electrons. The van der Waals surface area contributed by atoms with E-state index in [1.165, 1.54) is 6.26 Å². The third kappa shape index (κ3) is 4.52. The molecule has 1 amide bonds. The lowest BCUT2D eigenvalue weighted by Gasteiger charge is -2.10. The molecule has 0 bridgehead atoms. The first-order valence-corrected chi connectivity index (χ1v) is 11.8. The minimum Gasteiger partial charge on any atom is -0.321 e. The van der Waals surface area contributed by atoms with E-state index in [0.717, 1.165) is 20.8 Å². The Balaban J connectivity index is 1.59. The van der Waals surface area contributed by atoms with Gasteiger partial charge in [-0.2, -0.15) is 0 Å². The van der Waals surface area contributed by atoms with Crippen molar-refractivity contribution in [3.05, 3.63) is 83.9 Å². The first-order chi connectivity index (χ1) is 13.9. The third-order valence-electron chi connectivity index (χ3n) is 4.34. The zero-order chi connectivity index (χ0) is 20.4. The Morgan fingerprint density at radius 1 is 0.966 bits per heavy atom. The van der Waals surface area contributed by atoms with Gasteiger partial charge in [0, 0.05) is 17.4 Å². The van der Waals surface area contributed by atoms with Crippen LogP contribution in [0.3, 0.4) is 0 Å². The van der Waals surface area contributed by atoms with Gasteiger partial charge in [-0.25, -0.2) is 13.4 Å². The molecule has 4 aromatic rings. The summed E-state index contributed by atoms with van der Waals surface area (Å²) in [4.78, 5) is 17.4. The average molecular weight is 423 g/mol. The molecule has 3 aromatic carbocycles. The molecule has 1 N–H and O–H groups in total. The number of carbonyl (C=O) groups is 1. The topological polar surface area (TPSA) is 76.1 Å². The van der Waals surface area contributed by atoms with Gasteiger partial charge in [0.15, 0.2) is 9.84 Å². The molecule has 7 heteroatoms. The number of benzene rings is 3. The molecule has 4 rings (SSSR count). The summed E-state index contributed by atoms with van der Waals surface area (Å²) in [7, 11) is -3.11. The molecule has 0 saturated carbocycles. The molecule has 0 aliphatic heterocycles. The second-order valence-corrected chi connectivity index (χ2v) is 9.92. The van der Waals surface area contributed by atoms with Crippen LogP contribution in [0, 0.1) is 0 Å². The summed E-state index contributed by atoms with van der Waals surface area (Å²) in [5.41, 5.74) is 3.57. The third-order valence-corrected chi connectivity index (χ3v) is 6.27. The fourth-order valence-electron chi connectivity index (χ4n) is 3.02. The molecule has 0 radical (unpaired) electrons. The number of hydrogen-bond donors (Lipinski definition) is 1. The van der Waals surface area contributed by atoms with E-state index in [2.05, 4.69) is 10.3 Å². The molecular weight excluding hydrogens is 404 g/mol. The highest BCUT2D eigenvalue weighted by Gasteiger charge is 2.14. The monoisotopic (exact) mass is 422 g/mol. The molecule has 5 nitrogen and oxygen atoms in total. The van der Waals surface area contributed by atoms with Crippen molar-refractivity contribution in [3.63, 3.8) is 0 Å². The lowest BCUT2D eigenvalue weighted by Crippen LogP contribution is -2.12. The number of hydrogen-bond acceptors (Lipinski definition) is 5. The van der Waals surface area contributed by atoms with Crippen molar-refractivity contribution in [3.8, 4) is 10.6 Å². The first kappa shape index (κ1) is 19.3. The molecule has 1 heterocycles. The van der Waals surface area contributed by atoms with Gasteiger partial charge >= 0.3 is 0 Å². The van der Waals surface area contributed by atoms with Crippen LogP contribution in [0.15, 0.2) is 72.8 Å². The van der Waals surface area contributed by atoms with Gasteiger partial charge in [-0.1, -0.05) is 36.4 Å². The van der Waals surface area contributed by atoms with Crippen LogP contribution in [0.25, 0.3) is 20.8 Å². The number of rotatable bonds is 5. The van der Waals surface area contributed by atoms with E-state index >= 15 is 0 Å². The molecule has 0 aliphatic rings. The molecule has 0 saturated heterocycles. The SMILES string of the molecule is CS(=O)(=O)Cc1ccc(C(=O)Nc2ccccc2-c2nc3ccccc3s2)cc1. The Morgan fingerprint density at radius 2 is 1.66 bits per heavy atom. The van der Waals surface area contributed by atoms with Gasteiger partial charge in [0.25, 0.3) is 5.91 Å². The zero-order valence-electron chi connectivity index (χ0n) is 15.6. The number of thiazole rings is 1. The summed E-state index contributed by atoms with van der Waals surface area (Å²) in [5.74, 6) is -0.306. The van der Waals surface area contributed by atoms with Crippen molar-refractivity contribution in [2.75, 3.05) is 11.6 Å². The molecule has 0 fully saturated rings. The number of carbonyl (C=O) groups excluding carboxylic acids is 1. The van der Waals surface area contributed by atoms with Gasteiger partial charge in [-0.3, -0.25) is 4.79 Å². The van der Waals surface area contributed by atoms with Crippen LogP contribution >= 0.6 is 11.3 Å². The minimum absolute atomic E-state index is 0.0463. The smallest absolute Gasteiger partial charge is 0.255 e. The fraction of sp³-hybridized carbons (Fsp3) is 0.0909. The number of anilines is 1. The first-order valence-electron chi connectivity index (χ1n) is 8.92. The molecule has 0 spiro atoms. The van der Waals surface area contributed by atoms with E-state index in [-0.39, 0.29) is 11.7 Å². The number of nitrogens with one attached hydrogen (secondary N) is 1. The molecule has 1 aromatic heterocycles. The maximum atomic E-state index is 12.7. The molecular formula is C22H18N2O3S2. The minimum atomic E-state index is -3.11. The molecule has 29 heavy (non-hydrogen) atoms. The average Bonchev–Trinajstić information content (AvgIpc) is 3.11. The van der Waals surface area contributed by atoms with E-state index in [9.17, 15) is 13.2 Å². The van der Waals surface area contributed by atoms with Gasteiger partial charge in [0.05, 0.1) is 21.7 Å². The molecule has 0 aliphatic carbocycles. The Kier molecular flexibility index (Phi) is 5.17. The zero-order valence-corrected chi connectivity index (χ0v) is 17.3. The van der Waals surface area contributed by atoms with Crippen molar-refractivity contribution >= 4 is 43.0 Å². The summed E-state index contributed by atoms with van der Waals surface area (Å²) in [6, 6.07) is 22.1. The Bertz CT molecular complexity index is 1260. The highest BCUT2D eigenvalue weighted by atomic mass is 32.2. The second-order valence-electron chi connectivity index (χ2n) is 6.75. The normalized spacial score (nSPS) is 11.5. The number of amides is 1. The van der Waals surface area contributed by atoms with Crippen molar-refractivity contribution in [2.24, 2.45) is 0 Å². The van der Waals surface area contributed by atoms with E-state index < -0.39 is 9.84 Å². The van der Waals surface area contributed by atoms with E-state index in [1.807, 2.05) is 48.5 Å². The standard InChI is InChI=1S/C22H18N2O3S2/c1-29(26,27)14-15-10-12-16(13-11-15)21(25)23-18-7-3-2-6-17(18)22-24-19-8-4-5-9-20(19)28-22/h2-13H,14H2,1H3,(H,23,25). The van der Waals surface area contributed by atoms with Gasteiger partial charge < -0.3 is 5.32 Å². The van der Waals surface area contributed by atoms with Gasteiger partial charge in [0.2, 0.25) is 0 Å². The summed E-state index contributed by atoms with van der Waals surface area (Å²) >= 11 is 1.58. The van der Waals surface area contributed by atoms with Crippen LogP contribution in [0.2, 0.25) is 0 Å². The van der Waals surface area contributed by atoms with E-state index in [0.29, 0.717) is 16.8 Å². The van der Waals surface area contributed by atoms with Crippen molar-refractivity contribution in [1.82, 2.24) is 4.98 Å². The van der Waals surface area contributed by atoms with Crippen molar-refractivity contribution < 1.29 is 13.2 Å². The lowest BCUT2D eigenvalue weighted by atomic mass is 10.1. The van der Waals surface area contributed by atoms with Crippen LogP contribution in [0.1, 0.15) is 15.9 Å². The van der Waals surface area contributed by atoms with E-state index in [4.69, 9.17) is 0 Å². The summed E-state index contributed by atoms with van der Waals surface area (Å²) in [6.45, 7) is 0. The predicted molar refractivity (Wildman–Crippen MR) is 118 cm³/mol. The summed E-state index contributed by atoms with van der Waals surface area (Å²) in [5, 5.41) is 3.79. The Labute approximate surface area is 173 Å². The van der Waals surface area contributed by atoms with Crippen molar-refractivity contribution in [2.45, 2.75) is 5.75 Å². The number of para-hydroxylation sites is 2. The van der Waals surface area contributed by atoms with Gasteiger partial charge in [-0.05, 0) is 42.0 Å². The van der Waals surface area contributed by atoms with Crippen LogP contribution in [0.5, 0.6) is 0 Å². The molecule has 0 atom stereocenters. The van der Waals surface area contributed by atoms with Gasteiger partial charge in [0.1, 0.15) is 5.01 Å². The predicted octanol–water partition coefficient (Wildman–Crippen LogP) is 4.76. The maximum absolute atomic E-state index is 12.7. The Morgan fingerprint density at radius 3 is 2.38 bits per heavy atom. The quantitative estimate of drug-likeness (QED) is 0.503. The number of fused-ring (bicyclic) bond motifs is 1. The maximum Gasteiger partial charge on any atom is 0.255 e. The highest BCUT2D eigenvalue weighted by Crippen LogP contribution is 2.34. The number of sulfone groups is 1. The fourth-order valence-corrected chi connectivity index (χ4v) is 4.82. The van der Waals surface area contributed by atoms with Crippen LogP contribution < -0.4 is 5.32 Å². The lowest BCUT2D eigenvalue weighted by molar-refractivity contribution is 0.102. The van der Waals surface area contributed by atoms with Crippen LogP contribution in [0.4, 0.5) is 5.69 Å². The van der Waals surface area contributed by atoms with Crippen molar-refractivity contribution in [1.29, 1.82) is 0 Å². The number of aromatic nitrogens is 1. The van der Waals surface area contributed by atoms with Crippen LogP contribution in [-0.4, -0.2) is 25.6 Å². The Hall–Kier alpha value is -3.03. The van der Waals surface area contributed by atoms with E-state index in [1.54, 1.807) is 35.6 Å². The molecule has 0 unspecified atom stereocenters. The second kappa shape index (κ2) is 7.77. The summed E-state index contributed by atoms with van der Waals surface area (Å²) in [6.07, 6.45) is 1.19. The van der Waals surface area contributed by atoms with Crippen LogP contribution in [-0.2, 0) is 15.6 Å². The van der Waals surface area contributed by atoms with Gasteiger partial charge in [-0.15, -0.1) is 11.3 Å².